The number of fused-ring (bicyclic) bond motifs is 1. The van der Waals surface area contributed by atoms with Crippen LogP contribution in [0.1, 0.15) is 49.8 Å². The van der Waals surface area contributed by atoms with Gasteiger partial charge in [0.1, 0.15) is 0 Å². The van der Waals surface area contributed by atoms with E-state index in [4.69, 9.17) is 5.73 Å². The summed E-state index contributed by atoms with van der Waals surface area (Å²) in [5.74, 6) is 0.682. The Morgan fingerprint density at radius 1 is 1.35 bits per heavy atom. The number of hydrogen-bond acceptors (Lipinski definition) is 2. The molecule has 2 N–H and O–H groups in total. The molecule has 2 aliphatic rings. The molecule has 1 aromatic carbocycles. The molecule has 0 aromatic heterocycles. The van der Waals surface area contributed by atoms with Crippen molar-refractivity contribution in [2.75, 3.05) is 6.54 Å². The molecule has 1 aliphatic heterocycles. The Hall–Kier alpha value is -1.35. The fourth-order valence-corrected chi connectivity index (χ4v) is 3.77. The van der Waals surface area contributed by atoms with Crippen molar-refractivity contribution in [2.45, 2.75) is 51.1 Å². The highest BCUT2D eigenvalue weighted by Crippen LogP contribution is 2.32. The lowest BCUT2D eigenvalue weighted by Gasteiger charge is -2.36. The molecule has 1 aliphatic carbocycles. The summed E-state index contributed by atoms with van der Waals surface area (Å²) in [5.41, 5.74) is 8.80. The molecule has 1 amide bonds. The van der Waals surface area contributed by atoms with Gasteiger partial charge in [-0.3, -0.25) is 4.79 Å². The molecule has 3 heteroatoms. The zero-order chi connectivity index (χ0) is 14.1. The third kappa shape index (κ3) is 2.47. The summed E-state index contributed by atoms with van der Waals surface area (Å²) in [5, 5.41) is 0. The second-order valence-corrected chi connectivity index (χ2v) is 6.27. The Morgan fingerprint density at radius 3 is 2.90 bits per heavy atom. The van der Waals surface area contributed by atoms with Crippen LogP contribution in [0.4, 0.5) is 0 Å². The highest BCUT2D eigenvalue weighted by molar-refractivity contribution is 5.77. The summed E-state index contributed by atoms with van der Waals surface area (Å²) in [4.78, 5) is 14.6. The van der Waals surface area contributed by atoms with Crippen LogP contribution >= 0.6 is 0 Å². The maximum atomic E-state index is 12.6. The van der Waals surface area contributed by atoms with Crippen molar-refractivity contribution in [1.29, 1.82) is 0 Å². The number of rotatable bonds is 2. The van der Waals surface area contributed by atoms with E-state index in [9.17, 15) is 4.79 Å². The minimum absolute atomic E-state index is 0.199. The lowest BCUT2D eigenvalue weighted by molar-refractivity contribution is -0.134. The van der Waals surface area contributed by atoms with E-state index in [0.717, 1.165) is 25.8 Å². The van der Waals surface area contributed by atoms with Gasteiger partial charge in [-0.1, -0.05) is 30.7 Å². The van der Waals surface area contributed by atoms with Crippen LogP contribution in [0.3, 0.4) is 0 Å². The van der Waals surface area contributed by atoms with Crippen LogP contribution in [0.25, 0.3) is 0 Å². The molecular weight excluding hydrogens is 248 g/mol. The predicted octanol–water partition coefficient (Wildman–Crippen LogP) is 2.65. The van der Waals surface area contributed by atoms with E-state index in [-0.39, 0.29) is 18.0 Å². The van der Waals surface area contributed by atoms with Gasteiger partial charge in [-0.05, 0) is 43.2 Å². The first-order valence-corrected chi connectivity index (χ1v) is 7.79. The normalized spacial score (nSPS) is 29.3. The highest BCUT2D eigenvalue weighted by Gasteiger charge is 2.31. The Bertz CT molecular complexity index is 500. The third-order valence-electron chi connectivity index (χ3n) is 5.07. The molecule has 1 unspecified atom stereocenters. The SMILES string of the molecule is CC1c2ccccc2CCN1C(=O)C[C@@H]1CCC[C@H]1N. The Morgan fingerprint density at radius 2 is 2.15 bits per heavy atom. The number of nitrogens with zero attached hydrogens (tertiary/aromatic N) is 1. The summed E-state index contributed by atoms with van der Waals surface area (Å²) in [6, 6.07) is 8.91. The van der Waals surface area contributed by atoms with Crippen LogP contribution in [-0.4, -0.2) is 23.4 Å². The Balaban J connectivity index is 1.70. The third-order valence-corrected chi connectivity index (χ3v) is 5.07. The molecule has 3 rings (SSSR count). The molecule has 0 saturated heterocycles. The number of benzene rings is 1. The standard InChI is InChI=1S/C17H24N2O/c1-12-15-7-3-2-5-13(15)9-10-19(12)17(20)11-14-6-4-8-16(14)18/h2-3,5,7,12,14,16H,4,6,8-11,18H2,1H3/t12?,14-,16+/m0/s1. The molecule has 0 spiro atoms. The molecule has 1 heterocycles. The first kappa shape index (κ1) is 13.6. The number of amides is 1. The first-order valence-electron chi connectivity index (χ1n) is 7.79. The van der Waals surface area contributed by atoms with E-state index < -0.39 is 0 Å². The van der Waals surface area contributed by atoms with Crippen molar-refractivity contribution in [3.8, 4) is 0 Å². The van der Waals surface area contributed by atoms with Crippen molar-refractivity contribution in [1.82, 2.24) is 4.90 Å². The van der Waals surface area contributed by atoms with Gasteiger partial charge in [0, 0.05) is 19.0 Å². The Labute approximate surface area is 121 Å². The molecule has 3 atom stereocenters. The molecule has 3 nitrogen and oxygen atoms in total. The van der Waals surface area contributed by atoms with E-state index in [1.165, 1.54) is 17.5 Å². The Kier molecular flexibility index (Phi) is 3.79. The van der Waals surface area contributed by atoms with Crippen LogP contribution in [0.15, 0.2) is 24.3 Å². The highest BCUT2D eigenvalue weighted by atomic mass is 16.2. The molecule has 0 radical (unpaired) electrons. The number of nitrogens with two attached hydrogens (primary N) is 1. The maximum Gasteiger partial charge on any atom is 0.223 e. The van der Waals surface area contributed by atoms with Crippen molar-refractivity contribution in [3.05, 3.63) is 35.4 Å². The van der Waals surface area contributed by atoms with E-state index in [1.54, 1.807) is 0 Å². The van der Waals surface area contributed by atoms with Crippen molar-refractivity contribution >= 4 is 5.91 Å². The number of carbonyl (C=O) groups excluding carboxylic acids is 1. The van der Waals surface area contributed by atoms with Crippen LogP contribution in [0.5, 0.6) is 0 Å². The monoisotopic (exact) mass is 272 g/mol. The van der Waals surface area contributed by atoms with Gasteiger partial charge in [-0.15, -0.1) is 0 Å². The van der Waals surface area contributed by atoms with Crippen molar-refractivity contribution in [3.63, 3.8) is 0 Å². The van der Waals surface area contributed by atoms with Crippen LogP contribution < -0.4 is 5.73 Å². The second kappa shape index (κ2) is 5.57. The summed E-state index contributed by atoms with van der Waals surface area (Å²) in [6.07, 6.45) is 4.98. The summed E-state index contributed by atoms with van der Waals surface area (Å²) in [7, 11) is 0. The molecule has 108 valence electrons. The molecule has 1 aromatic rings. The minimum atomic E-state index is 0.199. The van der Waals surface area contributed by atoms with Crippen LogP contribution in [-0.2, 0) is 11.2 Å². The van der Waals surface area contributed by atoms with Gasteiger partial charge in [0.15, 0.2) is 0 Å². The predicted molar refractivity (Wildman–Crippen MR) is 80.2 cm³/mol. The average molecular weight is 272 g/mol. The fraction of sp³-hybridized carbons (Fsp3) is 0.588. The van der Waals surface area contributed by atoms with E-state index in [2.05, 4.69) is 31.2 Å². The van der Waals surface area contributed by atoms with Crippen LogP contribution in [0, 0.1) is 5.92 Å². The van der Waals surface area contributed by atoms with E-state index >= 15 is 0 Å². The smallest absolute Gasteiger partial charge is 0.223 e. The number of carbonyl (C=O) groups is 1. The molecule has 1 saturated carbocycles. The summed E-state index contributed by atoms with van der Waals surface area (Å²) >= 11 is 0. The fourth-order valence-electron chi connectivity index (χ4n) is 3.77. The topological polar surface area (TPSA) is 46.3 Å². The van der Waals surface area contributed by atoms with E-state index in [0.29, 0.717) is 12.3 Å². The van der Waals surface area contributed by atoms with Gasteiger partial charge >= 0.3 is 0 Å². The molecular formula is C17H24N2O. The van der Waals surface area contributed by atoms with Gasteiger partial charge in [-0.25, -0.2) is 0 Å². The quantitative estimate of drug-likeness (QED) is 0.899. The first-order chi connectivity index (χ1) is 9.66. The molecule has 1 fully saturated rings. The lowest BCUT2D eigenvalue weighted by atomic mass is 9.92. The zero-order valence-corrected chi connectivity index (χ0v) is 12.2. The summed E-state index contributed by atoms with van der Waals surface area (Å²) in [6.45, 7) is 2.99. The minimum Gasteiger partial charge on any atom is -0.336 e. The molecule has 20 heavy (non-hydrogen) atoms. The lowest BCUT2D eigenvalue weighted by Crippen LogP contribution is -2.40. The summed E-state index contributed by atoms with van der Waals surface area (Å²) < 4.78 is 0. The van der Waals surface area contributed by atoms with Gasteiger partial charge in [0.2, 0.25) is 5.91 Å². The van der Waals surface area contributed by atoms with Crippen molar-refractivity contribution in [2.24, 2.45) is 11.7 Å². The average Bonchev–Trinajstić information content (AvgIpc) is 2.85. The second-order valence-electron chi connectivity index (χ2n) is 6.27. The van der Waals surface area contributed by atoms with Gasteiger partial charge in [-0.2, -0.15) is 0 Å². The molecule has 0 bridgehead atoms. The zero-order valence-electron chi connectivity index (χ0n) is 12.2. The largest absolute Gasteiger partial charge is 0.336 e. The van der Waals surface area contributed by atoms with Crippen LogP contribution in [0.2, 0.25) is 0 Å². The van der Waals surface area contributed by atoms with Gasteiger partial charge in [0.05, 0.1) is 6.04 Å². The van der Waals surface area contributed by atoms with Gasteiger partial charge in [0.25, 0.3) is 0 Å². The van der Waals surface area contributed by atoms with Gasteiger partial charge < -0.3 is 10.6 Å². The van der Waals surface area contributed by atoms with E-state index in [1.807, 2.05) is 4.90 Å². The number of hydrogen-bond donors (Lipinski definition) is 1. The maximum absolute atomic E-state index is 12.6. The van der Waals surface area contributed by atoms with Crippen molar-refractivity contribution < 1.29 is 4.79 Å².